The van der Waals surface area contributed by atoms with Gasteiger partial charge in [0.1, 0.15) is 5.75 Å². The number of benzene rings is 2. The van der Waals surface area contributed by atoms with Gasteiger partial charge in [-0.25, -0.2) is 4.79 Å². The van der Waals surface area contributed by atoms with E-state index in [9.17, 15) is 4.79 Å². The molecule has 2 aromatic carbocycles. The summed E-state index contributed by atoms with van der Waals surface area (Å²) in [6.07, 6.45) is 6.73. The Kier molecular flexibility index (Phi) is 5.75. The second kappa shape index (κ2) is 9.22. The van der Waals surface area contributed by atoms with Crippen molar-refractivity contribution in [2.24, 2.45) is 0 Å². The standard InChI is InChI=1S/C27H30N6O3/c1-16-29-24(32-36-16)15-35-21-12-13-22-23(14-21)33(20-6-3-7-20)26(25(22)28)17-8-10-19(11-9-17)31-27(34)30-18-4-2-5-18/h8-14,18,20H,2-7,15,28H2,1H3,(H2,30,31,34). The third-order valence-corrected chi connectivity index (χ3v) is 7.25. The monoisotopic (exact) mass is 486 g/mol. The highest BCUT2D eigenvalue weighted by molar-refractivity contribution is 6.02. The van der Waals surface area contributed by atoms with Gasteiger partial charge < -0.3 is 30.2 Å². The third-order valence-electron chi connectivity index (χ3n) is 7.25. The molecule has 2 fully saturated rings. The molecule has 0 bridgehead atoms. The number of amides is 2. The molecule has 2 aliphatic carbocycles. The summed E-state index contributed by atoms with van der Waals surface area (Å²) in [5, 5.41) is 10.8. The van der Waals surface area contributed by atoms with Crippen LogP contribution >= 0.6 is 0 Å². The second-order valence-electron chi connectivity index (χ2n) is 9.72. The summed E-state index contributed by atoms with van der Waals surface area (Å²) in [5.74, 6) is 1.75. The van der Waals surface area contributed by atoms with Gasteiger partial charge in [0, 0.05) is 41.7 Å². The highest BCUT2D eigenvalue weighted by Crippen LogP contribution is 2.45. The second-order valence-corrected chi connectivity index (χ2v) is 9.72. The molecule has 2 saturated carbocycles. The molecule has 2 heterocycles. The number of urea groups is 1. The summed E-state index contributed by atoms with van der Waals surface area (Å²) in [5.41, 5.74) is 11.3. The van der Waals surface area contributed by atoms with Crippen LogP contribution in [0.3, 0.4) is 0 Å². The molecule has 2 amide bonds. The number of hydrogen-bond acceptors (Lipinski definition) is 6. The van der Waals surface area contributed by atoms with E-state index >= 15 is 0 Å². The first-order chi connectivity index (χ1) is 17.5. The molecular weight excluding hydrogens is 456 g/mol. The van der Waals surface area contributed by atoms with Crippen molar-refractivity contribution in [3.63, 3.8) is 0 Å². The van der Waals surface area contributed by atoms with Gasteiger partial charge in [-0.3, -0.25) is 0 Å². The lowest BCUT2D eigenvalue weighted by atomic mass is 9.92. The number of hydrogen-bond donors (Lipinski definition) is 3. The number of carbonyl (C=O) groups excluding carboxylic acids is 1. The van der Waals surface area contributed by atoms with Crippen molar-refractivity contribution in [2.75, 3.05) is 11.1 Å². The molecule has 6 rings (SSSR count). The molecule has 9 nitrogen and oxygen atoms in total. The zero-order chi connectivity index (χ0) is 24.6. The molecule has 0 aliphatic heterocycles. The molecule has 186 valence electrons. The highest BCUT2D eigenvalue weighted by atomic mass is 16.5. The van der Waals surface area contributed by atoms with E-state index in [1.807, 2.05) is 42.5 Å². The predicted molar refractivity (Wildman–Crippen MR) is 138 cm³/mol. The van der Waals surface area contributed by atoms with Gasteiger partial charge in [0.15, 0.2) is 6.61 Å². The van der Waals surface area contributed by atoms with Crippen LogP contribution in [0.15, 0.2) is 47.0 Å². The Morgan fingerprint density at radius 3 is 2.56 bits per heavy atom. The van der Waals surface area contributed by atoms with Gasteiger partial charge in [0.25, 0.3) is 0 Å². The molecule has 9 heteroatoms. The van der Waals surface area contributed by atoms with Gasteiger partial charge in [-0.05, 0) is 62.8 Å². The maximum Gasteiger partial charge on any atom is 0.319 e. The number of nitrogens with zero attached hydrogens (tertiary/aromatic N) is 3. The van der Waals surface area contributed by atoms with Crippen LogP contribution in [0, 0.1) is 6.92 Å². The van der Waals surface area contributed by atoms with Gasteiger partial charge >= 0.3 is 6.03 Å². The molecule has 0 atom stereocenters. The molecule has 0 radical (unpaired) electrons. The first-order valence-electron chi connectivity index (χ1n) is 12.6. The summed E-state index contributed by atoms with van der Waals surface area (Å²) in [7, 11) is 0. The smallest absolute Gasteiger partial charge is 0.319 e. The van der Waals surface area contributed by atoms with E-state index in [2.05, 4.69) is 25.3 Å². The summed E-state index contributed by atoms with van der Waals surface area (Å²) in [4.78, 5) is 16.4. The largest absolute Gasteiger partial charge is 0.485 e. The van der Waals surface area contributed by atoms with Gasteiger partial charge in [-0.15, -0.1) is 0 Å². The van der Waals surface area contributed by atoms with Crippen molar-refractivity contribution in [3.8, 4) is 17.0 Å². The van der Waals surface area contributed by atoms with Crippen LogP contribution in [0.4, 0.5) is 16.2 Å². The van der Waals surface area contributed by atoms with Crippen LogP contribution in [-0.2, 0) is 6.61 Å². The van der Waals surface area contributed by atoms with Gasteiger partial charge in [-0.2, -0.15) is 4.98 Å². The van der Waals surface area contributed by atoms with Crippen LogP contribution in [0.1, 0.15) is 56.3 Å². The third kappa shape index (κ3) is 4.25. The minimum atomic E-state index is -0.154. The molecule has 0 saturated heterocycles. The average Bonchev–Trinajstić information content (AvgIpc) is 3.35. The first kappa shape index (κ1) is 22.5. The Morgan fingerprint density at radius 2 is 1.92 bits per heavy atom. The maximum atomic E-state index is 12.2. The number of anilines is 2. The Balaban J connectivity index is 1.28. The van der Waals surface area contributed by atoms with Gasteiger partial charge in [0.2, 0.25) is 11.7 Å². The quantitative estimate of drug-likeness (QED) is 0.315. The van der Waals surface area contributed by atoms with Crippen molar-refractivity contribution in [1.82, 2.24) is 20.0 Å². The number of nitrogen functional groups attached to an aromatic ring is 1. The van der Waals surface area contributed by atoms with Crippen LogP contribution in [0.5, 0.6) is 5.75 Å². The Morgan fingerprint density at radius 1 is 1.14 bits per heavy atom. The predicted octanol–water partition coefficient (Wildman–Crippen LogP) is 5.56. The van der Waals surface area contributed by atoms with Crippen LogP contribution in [-0.4, -0.2) is 26.8 Å². The first-order valence-corrected chi connectivity index (χ1v) is 12.6. The average molecular weight is 487 g/mol. The summed E-state index contributed by atoms with van der Waals surface area (Å²) >= 11 is 0. The topological polar surface area (TPSA) is 120 Å². The van der Waals surface area contributed by atoms with Crippen LogP contribution in [0.2, 0.25) is 0 Å². The number of ether oxygens (including phenoxy) is 1. The fraction of sp³-hybridized carbons (Fsp3) is 0.370. The fourth-order valence-electron chi connectivity index (χ4n) is 4.89. The van der Waals surface area contributed by atoms with E-state index < -0.39 is 0 Å². The van der Waals surface area contributed by atoms with Crippen molar-refractivity contribution in [2.45, 2.75) is 64.1 Å². The minimum Gasteiger partial charge on any atom is -0.485 e. The van der Waals surface area contributed by atoms with Gasteiger partial charge in [-0.1, -0.05) is 17.3 Å². The number of nitrogens with two attached hydrogens (primary N) is 1. The lowest BCUT2D eigenvalue weighted by Gasteiger charge is -2.30. The zero-order valence-electron chi connectivity index (χ0n) is 20.3. The normalized spacial score (nSPS) is 15.9. The molecule has 0 unspecified atom stereocenters. The lowest BCUT2D eigenvalue weighted by molar-refractivity contribution is 0.240. The summed E-state index contributed by atoms with van der Waals surface area (Å²) < 4.78 is 13.3. The SMILES string of the molecule is Cc1nc(COc2ccc3c(N)c(-c4ccc(NC(=O)NC5CCC5)cc4)n(C4CCC4)c3c2)no1. The number of carbonyl (C=O) groups is 1. The Hall–Kier alpha value is -4.01. The lowest BCUT2D eigenvalue weighted by Crippen LogP contribution is -2.41. The Bertz CT molecular complexity index is 1400. The van der Waals surface area contributed by atoms with E-state index in [0.717, 1.165) is 65.0 Å². The molecular formula is C27H30N6O3. The van der Waals surface area contributed by atoms with E-state index in [0.29, 0.717) is 23.8 Å². The summed E-state index contributed by atoms with van der Waals surface area (Å²) in [6.45, 7) is 1.99. The number of nitrogens with one attached hydrogen (secondary N) is 2. The molecule has 36 heavy (non-hydrogen) atoms. The van der Waals surface area contributed by atoms with Crippen molar-refractivity contribution < 1.29 is 14.1 Å². The Labute approximate surface area is 209 Å². The molecule has 4 aromatic rings. The molecule has 2 aromatic heterocycles. The van der Waals surface area contributed by atoms with Crippen molar-refractivity contribution >= 4 is 28.3 Å². The molecule has 0 spiro atoms. The zero-order valence-corrected chi connectivity index (χ0v) is 20.3. The molecule has 2 aliphatic rings. The number of aryl methyl sites for hydroxylation is 1. The summed E-state index contributed by atoms with van der Waals surface area (Å²) in [6, 6.07) is 14.4. The highest BCUT2D eigenvalue weighted by Gasteiger charge is 2.27. The van der Waals surface area contributed by atoms with Crippen molar-refractivity contribution in [1.29, 1.82) is 0 Å². The van der Waals surface area contributed by atoms with Crippen LogP contribution < -0.4 is 21.1 Å². The maximum absolute atomic E-state index is 12.2. The van der Waals surface area contributed by atoms with Gasteiger partial charge in [0.05, 0.1) is 16.9 Å². The fourth-order valence-corrected chi connectivity index (χ4v) is 4.89. The van der Waals surface area contributed by atoms with E-state index in [-0.39, 0.29) is 12.6 Å². The van der Waals surface area contributed by atoms with E-state index in [4.69, 9.17) is 15.0 Å². The minimum absolute atomic E-state index is 0.154. The van der Waals surface area contributed by atoms with Crippen molar-refractivity contribution in [3.05, 3.63) is 54.2 Å². The number of aromatic nitrogens is 3. The number of fused-ring (bicyclic) bond motifs is 1. The van der Waals surface area contributed by atoms with E-state index in [1.165, 1.54) is 12.8 Å². The molecule has 4 N–H and O–H groups in total. The van der Waals surface area contributed by atoms with Crippen LogP contribution in [0.25, 0.3) is 22.2 Å². The number of rotatable bonds is 7. The van der Waals surface area contributed by atoms with E-state index in [1.54, 1.807) is 6.92 Å².